The van der Waals surface area contributed by atoms with E-state index in [1.165, 1.54) is 6.92 Å². The first kappa shape index (κ1) is 18.3. The standard InChI is InChI=1S/C17H16BrClN2O3/c1-10(24-16-8-3-12(18)9-15(16)19)17(23)21-14-6-4-13(5-7-14)20-11(2)22/h3-10H,1-2H3,(H,20,22)(H,21,23)/t10-/m1/s1. The number of rotatable bonds is 5. The van der Waals surface area contributed by atoms with Crippen LogP contribution in [-0.2, 0) is 9.59 Å². The van der Waals surface area contributed by atoms with Gasteiger partial charge in [0.2, 0.25) is 5.91 Å². The van der Waals surface area contributed by atoms with Crippen molar-refractivity contribution in [3.63, 3.8) is 0 Å². The van der Waals surface area contributed by atoms with Crippen LogP contribution < -0.4 is 15.4 Å². The molecule has 2 amide bonds. The maximum Gasteiger partial charge on any atom is 0.265 e. The van der Waals surface area contributed by atoms with Gasteiger partial charge in [-0.15, -0.1) is 0 Å². The molecule has 5 nitrogen and oxygen atoms in total. The normalized spacial score (nSPS) is 11.5. The molecule has 0 bridgehead atoms. The fourth-order valence-electron chi connectivity index (χ4n) is 1.90. The van der Waals surface area contributed by atoms with Crippen molar-refractivity contribution >= 4 is 50.7 Å². The third-order valence-electron chi connectivity index (χ3n) is 3.04. The van der Waals surface area contributed by atoms with Gasteiger partial charge in [-0.3, -0.25) is 9.59 Å². The summed E-state index contributed by atoms with van der Waals surface area (Å²) in [5.41, 5.74) is 1.26. The van der Waals surface area contributed by atoms with E-state index in [9.17, 15) is 9.59 Å². The number of carbonyl (C=O) groups is 2. The van der Waals surface area contributed by atoms with Gasteiger partial charge in [0.15, 0.2) is 6.10 Å². The number of amides is 2. The fourth-order valence-corrected chi connectivity index (χ4v) is 2.62. The van der Waals surface area contributed by atoms with Crippen LogP contribution in [0.1, 0.15) is 13.8 Å². The zero-order valence-electron chi connectivity index (χ0n) is 13.1. The second-order valence-electron chi connectivity index (χ2n) is 5.08. The summed E-state index contributed by atoms with van der Waals surface area (Å²) in [5, 5.41) is 5.82. The Bertz CT molecular complexity index is 750. The van der Waals surface area contributed by atoms with Gasteiger partial charge in [0.1, 0.15) is 5.75 Å². The number of carbonyl (C=O) groups excluding carboxylic acids is 2. The van der Waals surface area contributed by atoms with Crippen molar-refractivity contribution in [1.29, 1.82) is 0 Å². The van der Waals surface area contributed by atoms with Gasteiger partial charge in [-0.25, -0.2) is 0 Å². The molecule has 2 N–H and O–H groups in total. The Morgan fingerprint density at radius 2 is 1.67 bits per heavy atom. The fraction of sp³-hybridized carbons (Fsp3) is 0.176. The SMILES string of the molecule is CC(=O)Nc1ccc(NC(=O)[C@@H](C)Oc2ccc(Br)cc2Cl)cc1. The molecule has 2 rings (SSSR count). The lowest BCUT2D eigenvalue weighted by molar-refractivity contribution is -0.122. The average Bonchev–Trinajstić information content (AvgIpc) is 2.51. The van der Waals surface area contributed by atoms with Crippen molar-refractivity contribution in [3.05, 3.63) is 52.0 Å². The summed E-state index contributed by atoms with van der Waals surface area (Å²) >= 11 is 9.39. The Kier molecular flexibility index (Phi) is 6.23. The van der Waals surface area contributed by atoms with Crippen LogP contribution in [0.25, 0.3) is 0 Å². The van der Waals surface area contributed by atoms with Crippen LogP contribution in [0.4, 0.5) is 11.4 Å². The molecule has 0 fully saturated rings. The molecular formula is C17H16BrClN2O3. The Hall–Kier alpha value is -2.05. The lowest BCUT2D eigenvalue weighted by Crippen LogP contribution is -2.30. The van der Waals surface area contributed by atoms with Crippen molar-refractivity contribution in [2.45, 2.75) is 20.0 Å². The van der Waals surface area contributed by atoms with Crippen LogP contribution in [-0.4, -0.2) is 17.9 Å². The summed E-state index contributed by atoms with van der Waals surface area (Å²) in [4.78, 5) is 23.2. The second-order valence-corrected chi connectivity index (χ2v) is 6.41. The van der Waals surface area contributed by atoms with E-state index in [1.54, 1.807) is 49.4 Å². The largest absolute Gasteiger partial charge is 0.479 e. The van der Waals surface area contributed by atoms with Crippen molar-refractivity contribution < 1.29 is 14.3 Å². The predicted molar refractivity (Wildman–Crippen MR) is 98.6 cm³/mol. The van der Waals surface area contributed by atoms with Gasteiger partial charge in [-0.1, -0.05) is 27.5 Å². The van der Waals surface area contributed by atoms with E-state index in [-0.39, 0.29) is 11.8 Å². The first-order chi connectivity index (χ1) is 11.3. The molecule has 0 radical (unpaired) electrons. The molecule has 0 spiro atoms. The molecule has 7 heteroatoms. The number of hydrogen-bond donors (Lipinski definition) is 2. The van der Waals surface area contributed by atoms with Gasteiger partial charge in [-0.2, -0.15) is 0 Å². The first-order valence-electron chi connectivity index (χ1n) is 7.15. The molecule has 0 saturated heterocycles. The molecule has 0 aliphatic heterocycles. The van der Waals surface area contributed by atoms with Gasteiger partial charge >= 0.3 is 0 Å². The van der Waals surface area contributed by atoms with Crippen LogP contribution in [0.15, 0.2) is 46.9 Å². The van der Waals surface area contributed by atoms with Crippen LogP contribution >= 0.6 is 27.5 Å². The molecule has 126 valence electrons. The van der Waals surface area contributed by atoms with E-state index in [2.05, 4.69) is 26.6 Å². The third-order valence-corrected chi connectivity index (χ3v) is 3.83. The molecule has 2 aromatic rings. The number of nitrogens with one attached hydrogen (secondary N) is 2. The highest BCUT2D eigenvalue weighted by Gasteiger charge is 2.16. The molecule has 0 aliphatic carbocycles. The summed E-state index contributed by atoms with van der Waals surface area (Å²) in [7, 11) is 0. The molecule has 0 aliphatic rings. The summed E-state index contributed by atoms with van der Waals surface area (Å²) in [6, 6.07) is 12.0. The summed E-state index contributed by atoms with van der Waals surface area (Å²) in [6.45, 7) is 3.07. The van der Waals surface area contributed by atoms with E-state index in [0.717, 1.165) is 4.47 Å². The second kappa shape index (κ2) is 8.17. The molecule has 0 saturated carbocycles. The number of halogens is 2. The van der Waals surface area contributed by atoms with Crippen LogP contribution in [0.3, 0.4) is 0 Å². The lowest BCUT2D eigenvalue weighted by atomic mass is 10.2. The van der Waals surface area contributed by atoms with Gasteiger partial charge < -0.3 is 15.4 Å². The number of benzene rings is 2. The topological polar surface area (TPSA) is 67.4 Å². The Balaban J connectivity index is 1.97. The Labute approximate surface area is 153 Å². The van der Waals surface area contributed by atoms with Gasteiger partial charge in [-0.05, 0) is 49.4 Å². The van der Waals surface area contributed by atoms with E-state index in [1.807, 2.05) is 0 Å². The minimum Gasteiger partial charge on any atom is -0.479 e. The Morgan fingerprint density at radius 3 is 2.21 bits per heavy atom. The predicted octanol–water partition coefficient (Wildman–Crippen LogP) is 4.47. The maximum absolute atomic E-state index is 12.2. The number of hydrogen-bond acceptors (Lipinski definition) is 3. The zero-order valence-corrected chi connectivity index (χ0v) is 15.4. The zero-order chi connectivity index (χ0) is 17.7. The molecule has 0 aromatic heterocycles. The highest BCUT2D eigenvalue weighted by atomic mass is 79.9. The van der Waals surface area contributed by atoms with Gasteiger partial charge in [0, 0.05) is 22.8 Å². The van der Waals surface area contributed by atoms with Crippen molar-refractivity contribution in [2.24, 2.45) is 0 Å². The summed E-state index contributed by atoms with van der Waals surface area (Å²) in [6.07, 6.45) is -0.723. The van der Waals surface area contributed by atoms with Gasteiger partial charge in [0.25, 0.3) is 5.91 Å². The highest BCUT2D eigenvalue weighted by Crippen LogP contribution is 2.28. The molecule has 1 atom stereocenters. The van der Waals surface area contributed by atoms with E-state index < -0.39 is 6.10 Å². The quantitative estimate of drug-likeness (QED) is 0.763. The number of ether oxygens (including phenoxy) is 1. The number of anilines is 2. The van der Waals surface area contributed by atoms with Crippen molar-refractivity contribution in [2.75, 3.05) is 10.6 Å². The highest BCUT2D eigenvalue weighted by molar-refractivity contribution is 9.10. The van der Waals surface area contributed by atoms with E-state index in [0.29, 0.717) is 22.1 Å². The summed E-state index contributed by atoms with van der Waals surface area (Å²) in [5.74, 6) is -0.0232. The smallest absolute Gasteiger partial charge is 0.265 e. The van der Waals surface area contributed by atoms with Crippen LogP contribution in [0.5, 0.6) is 5.75 Å². The lowest BCUT2D eigenvalue weighted by Gasteiger charge is -2.16. The van der Waals surface area contributed by atoms with E-state index >= 15 is 0 Å². The molecule has 2 aromatic carbocycles. The van der Waals surface area contributed by atoms with Crippen molar-refractivity contribution in [1.82, 2.24) is 0 Å². The molecular weight excluding hydrogens is 396 g/mol. The van der Waals surface area contributed by atoms with Gasteiger partial charge in [0.05, 0.1) is 5.02 Å². The van der Waals surface area contributed by atoms with E-state index in [4.69, 9.17) is 16.3 Å². The van der Waals surface area contributed by atoms with Crippen LogP contribution in [0, 0.1) is 0 Å². The Morgan fingerprint density at radius 1 is 1.08 bits per heavy atom. The molecule has 24 heavy (non-hydrogen) atoms. The minimum atomic E-state index is -0.723. The molecule has 0 heterocycles. The molecule has 0 unspecified atom stereocenters. The van der Waals surface area contributed by atoms with Crippen LogP contribution in [0.2, 0.25) is 5.02 Å². The first-order valence-corrected chi connectivity index (χ1v) is 8.32. The van der Waals surface area contributed by atoms with Crippen molar-refractivity contribution in [3.8, 4) is 5.75 Å². The third kappa shape index (κ3) is 5.25. The minimum absolute atomic E-state index is 0.153. The maximum atomic E-state index is 12.2. The summed E-state index contributed by atoms with van der Waals surface area (Å²) < 4.78 is 6.42. The average molecular weight is 412 g/mol. The monoisotopic (exact) mass is 410 g/mol.